The minimum absolute atomic E-state index is 0.0981. The topological polar surface area (TPSA) is 79.9 Å². The number of H-pyrrole nitrogens is 1. The largest absolute Gasteiger partial charge is 0.496 e. The number of amides is 1. The van der Waals surface area contributed by atoms with Gasteiger partial charge >= 0.3 is 0 Å². The number of aromatic nitrogens is 3. The Kier molecular flexibility index (Phi) is 5.69. The van der Waals surface area contributed by atoms with E-state index in [0.717, 1.165) is 22.7 Å². The van der Waals surface area contributed by atoms with Crippen molar-refractivity contribution in [1.82, 2.24) is 15.2 Å². The minimum Gasteiger partial charge on any atom is -0.496 e. The van der Waals surface area contributed by atoms with E-state index in [0.29, 0.717) is 17.3 Å². The molecule has 0 bridgehead atoms. The number of carbonyl (C=O) groups is 1. The van der Waals surface area contributed by atoms with Crippen LogP contribution in [0, 0.1) is 0 Å². The number of aromatic amines is 1. The third kappa shape index (κ3) is 4.60. The molecule has 1 amide bonds. The van der Waals surface area contributed by atoms with Gasteiger partial charge in [-0.25, -0.2) is 0 Å². The van der Waals surface area contributed by atoms with E-state index >= 15 is 0 Å². The number of rotatable bonds is 7. The first kappa shape index (κ1) is 17.0. The molecule has 0 aliphatic heterocycles. The number of hydrogen-bond donors (Lipinski definition) is 2. The van der Waals surface area contributed by atoms with Crippen LogP contribution in [-0.2, 0) is 10.5 Å². The summed E-state index contributed by atoms with van der Waals surface area (Å²) in [6, 6.07) is 15.2. The summed E-state index contributed by atoms with van der Waals surface area (Å²) >= 11 is 1.51. The molecule has 2 aromatic heterocycles. The molecule has 0 fully saturated rings. The Morgan fingerprint density at radius 1 is 1.24 bits per heavy atom. The van der Waals surface area contributed by atoms with E-state index in [1.54, 1.807) is 19.4 Å². The summed E-state index contributed by atoms with van der Waals surface area (Å²) in [5.74, 6) is 2.17. The number of nitrogens with one attached hydrogen (secondary N) is 2. The summed E-state index contributed by atoms with van der Waals surface area (Å²) in [6.45, 7) is 0. The van der Waals surface area contributed by atoms with Crippen LogP contribution in [0.5, 0.6) is 5.75 Å². The summed E-state index contributed by atoms with van der Waals surface area (Å²) in [4.78, 5) is 16.3. The molecule has 0 aliphatic rings. The number of pyridine rings is 1. The van der Waals surface area contributed by atoms with Gasteiger partial charge in [0.2, 0.25) is 5.91 Å². The van der Waals surface area contributed by atoms with Crippen LogP contribution in [0.1, 0.15) is 5.69 Å². The number of nitrogens with zero attached hydrogens (tertiary/aromatic N) is 2. The Balaban J connectivity index is 1.55. The molecule has 0 spiro atoms. The van der Waals surface area contributed by atoms with Crippen LogP contribution in [0.3, 0.4) is 0 Å². The van der Waals surface area contributed by atoms with E-state index < -0.39 is 0 Å². The van der Waals surface area contributed by atoms with Crippen LogP contribution in [0.2, 0.25) is 0 Å². The molecule has 2 heterocycles. The van der Waals surface area contributed by atoms with Crippen molar-refractivity contribution in [1.29, 1.82) is 0 Å². The van der Waals surface area contributed by atoms with Crippen molar-refractivity contribution in [3.63, 3.8) is 0 Å². The van der Waals surface area contributed by atoms with E-state index in [9.17, 15) is 4.79 Å². The Labute approximate surface area is 150 Å². The van der Waals surface area contributed by atoms with E-state index in [1.165, 1.54) is 11.8 Å². The lowest BCUT2D eigenvalue weighted by molar-refractivity contribution is -0.113. The first-order valence-electron chi connectivity index (χ1n) is 7.72. The van der Waals surface area contributed by atoms with Crippen molar-refractivity contribution < 1.29 is 9.53 Å². The van der Waals surface area contributed by atoms with Gasteiger partial charge in [0.15, 0.2) is 5.82 Å². The monoisotopic (exact) mass is 354 g/mol. The van der Waals surface area contributed by atoms with Crippen molar-refractivity contribution in [2.75, 3.05) is 18.2 Å². The molecule has 0 unspecified atom stereocenters. The van der Waals surface area contributed by atoms with E-state index in [4.69, 9.17) is 4.74 Å². The van der Waals surface area contributed by atoms with Crippen LogP contribution in [0.4, 0.5) is 5.82 Å². The zero-order valence-electron chi connectivity index (χ0n) is 13.7. The van der Waals surface area contributed by atoms with Crippen LogP contribution in [-0.4, -0.2) is 34.0 Å². The molecule has 6 nitrogen and oxygen atoms in total. The Morgan fingerprint density at radius 2 is 2.08 bits per heavy atom. The van der Waals surface area contributed by atoms with E-state index in [-0.39, 0.29) is 5.91 Å². The first-order chi connectivity index (χ1) is 12.3. The van der Waals surface area contributed by atoms with Crippen molar-refractivity contribution in [3.8, 4) is 17.0 Å². The molecule has 3 aromatic rings. The van der Waals surface area contributed by atoms with Gasteiger partial charge in [-0.3, -0.25) is 14.9 Å². The zero-order chi connectivity index (χ0) is 17.5. The number of anilines is 1. The lowest BCUT2D eigenvalue weighted by atomic mass is 10.1. The van der Waals surface area contributed by atoms with Crippen LogP contribution >= 0.6 is 11.8 Å². The summed E-state index contributed by atoms with van der Waals surface area (Å²) in [5.41, 5.74) is 2.63. The Bertz CT molecular complexity index is 836. The lowest BCUT2D eigenvalue weighted by Gasteiger charge is -2.05. The van der Waals surface area contributed by atoms with Gasteiger partial charge in [0, 0.05) is 23.6 Å². The number of carbonyl (C=O) groups excluding carboxylic acids is 1. The maximum Gasteiger partial charge on any atom is 0.235 e. The summed E-state index contributed by atoms with van der Waals surface area (Å²) < 4.78 is 5.34. The highest BCUT2D eigenvalue weighted by Gasteiger charge is 2.10. The molecule has 0 saturated carbocycles. The van der Waals surface area contributed by atoms with Gasteiger partial charge in [0.1, 0.15) is 5.75 Å². The second-order valence-electron chi connectivity index (χ2n) is 5.23. The molecule has 1 aromatic carbocycles. The first-order valence-corrected chi connectivity index (χ1v) is 8.88. The average Bonchev–Trinajstić information content (AvgIpc) is 3.10. The highest BCUT2D eigenvalue weighted by molar-refractivity contribution is 7.99. The zero-order valence-corrected chi connectivity index (χ0v) is 14.5. The van der Waals surface area contributed by atoms with E-state index in [2.05, 4.69) is 20.5 Å². The van der Waals surface area contributed by atoms with Crippen molar-refractivity contribution in [2.45, 2.75) is 5.75 Å². The van der Waals surface area contributed by atoms with Gasteiger partial charge in [-0.1, -0.05) is 18.2 Å². The third-order valence-electron chi connectivity index (χ3n) is 3.45. The van der Waals surface area contributed by atoms with Gasteiger partial charge < -0.3 is 10.1 Å². The number of thioether (sulfide) groups is 1. The van der Waals surface area contributed by atoms with Gasteiger partial charge in [-0.2, -0.15) is 5.10 Å². The van der Waals surface area contributed by atoms with Crippen molar-refractivity contribution >= 4 is 23.5 Å². The molecule has 2 N–H and O–H groups in total. The summed E-state index contributed by atoms with van der Waals surface area (Å²) in [5, 5.41) is 9.86. The molecule has 0 radical (unpaired) electrons. The summed E-state index contributed by atoms with van der Waals surface area (Å²) in [6.07, 6.45) is 1.75. The highest BCUT2D eigenvalue weighted by Crippen LogP contribution is 2.29. The normalized spacial score (nSPS) is 10.4. The van der Waals surface area contributed by atoms with Gasteiger partial charge in [0.25, 0.3) is 0 Å². The lowest BCUT2D eigenvalue weighted by Crippen LogP contribution is -2.14. The third-order valence-corrected chi connectivity index (χ3v) is 4.42. The van der Waals surface area contributed by atoms with E-state index in [1.807, 2.05) is 42.5 Å². The van der Waals surface area contributed by atoms with Crippen LogP contribution < -0.4 is 10.1 Å². The fourth-order valence-corrected chi connectivity index (χ4v) is 3.04. The molecule has 0 atom stereocenters. The molecule has 25 heavy (non-hydrogen) atoms. The molecule has 3 rings (SSSR count). The van der Waals surface area contributed by atoms with Crippen LogP contribution in [0.15, 0.2) is 54.7 Å². The predicted molar refractivity (Wildman–Crippen MR) is 99.6 cm³/mol. The van der Waals surface area contributed by atoms with Crippen molar-refractivity contribution in [3.05, 3.63) is 60.4 Å². The molecule has 128 valence electrons. The maximum absolute atomic E-state index is 12.0. The number of methoxy groups -OCH3 is 1. The highest BCUT2D eigenvalue weighted by atomic mass is 32.2. The number of benzene rings is 1. The van der Waals surface area contributed by atoms with Gasteiger partial charge in [-0.05, 0) is 24.3 Å². The molecule has 0 saturated heterocycles. The second-order valence-corrected chi connectivity index (χ2v) is 6.21. The maximum atomic E-state index is 12.0. The minimum atomic E-state index is -0.0981. The van der Waals surface area contributed by atoms with Gasteiger partial charge in [0.05, 0.1) is 24.3 Å². The standard InChI is InChI=1S/C18H18N4O2S/c1-24-16-8-3-2-7-14(16)15-10-17(22-21-15)20-18(23)12-25-11-13-6-4-5-9-19-13/h2-10H,11-12H2,1H3,(H2,20,21,22,23). The second kappa shape index (κ2) is 8.34. The van der Waals surface area contributed by atoms with Crippen LogP contribution in [0.25, 0.3) is 11.3 Å². The number of para-hydroxylation sites is 1. The SMILES string of the molecule is COc1ccccc1-c1cc(NC(=O)CSCc2ccccn2)n[nH]1. The predicted octanol–water partition coefficient (Wildman–Crippen LogP) is 3.35. The molecule has 7 heteroatoms. The van der Waals surface area contributed by atoms with Crippen molar-refractivity contribution in [2.24, 2.45) is 0 Å². The fraction of sp³-hybridized carbons (Fsp3) is 0.167. The Morgan fingerprint density at radius 3 is 2.88 bits per heavy atom. The quantitative estimate of drug-likeness (QED) is 0.680. The summed E-state index contributed by atoms with van der Waals surface area (Å²) in [7, 11) is 1.62. The van der Waals surface area contributed by atoms with Gasteiger partial charge in [-0.15, -0.1) is 11.8 Å². The number of hydrogen-bond acceptors (Lipinski definition) is 5. The number of ether oxygens (including phenoxy) is 1. The smallest absolute Gasteiger partial charge is 0.235 e. The average molecular weight is 354 g/mol. The Hall–Kier alpha value is -2.80. The molecule has 0 aliphatic carbocycles. The fourth-order valence-electron chi connectivity index (χ4n) is 2.30. The molecular formula is C18H18N4O2S. The molecular weight excluding hydrogens is 336 g/mol.